The van der Waals surface area contributed by atoms with Crippen molar-refractivity contribution in [3.8, 4) is 0 Å². The maximum absolute atomic E-state index is 12.6. The van der Waals surface area contributed by atoms with Crippen LogP contribution >= 0.6 is 0 Å². The third kappa shape index (κ3) is 4.43. The van der Waals surface area contributed by atoms with Gasteiger partial charge in [-0.15, -0.1) is 0 Å². The van der Waals surface area contributed by atoms with Crippen molar-refractivity contribution in [2.45, 2.75) is 44.8 Å². The van der Waals surface area contributed by atoms with Gasteiger partial charge in [0.25, 0.3) is 5.91 Å². The Labute approximate surface area is 172 Å². The van der Waals surface area contributed by atoms with E-state index >= 15 is 0 Å². The number of benzene rings is 1. The molecular formula is C23H29N3O3. The number of aromatic nitrogens is 1. The average Bonchev–Trinajstić information content (AvgIpc) is 3.16. The second-order valence-electron chi connectivity index (χ2n) is 8.78. The van der Waals surface area contributed by atoms with E-state index in [1.807, 2.05) is 24.3 Å². The second kappa shape index (κ2) is 7.76. The molecule has 2 aliphatic heterocycles. The molecule has 0 unspecified atom stereocenters. The van der Waals surface area contributed by atoms with E-state index in [4.69, 9.17) is 9.47 Å². The van der Waals surface area contributed by atoms with Crippen LogP contribution in [0.1, 0.15) is 49.5 Å². The molecule has 0 atom stereocenters. The normalized spacial score (nSPS) is 18.8. The highest BCUT2D eigenvalue weighted by Crippen LogP contribution is 2.32. The summed E-state index contributed by atoms with van der Waals surface area (Å²) < 4.78 is 11.6. The topological polar surface area (TPSA) is 63.7 Å². The Hall–Kier alpha value is -2.44. The molecule has 0 bridgehead atoms. The fourth-order valence-electron chi connectivity index (χ4n) is 3.83. The third-order valence-electron chi connectivity index (χ3n) is 5.68. The first-order valence-corrected chi connectivity index (χ1v) is 10.3. The van der Waals surface area contributed by atoms with E-state index in [0.717, 1.165) is 37.4 Å². The summed E-state index contributed by atoms with van der Waals surface area (Å²) >= 11 is 0. The molecule has 2 aliphatic rings. The lowest BCUT2D eigenvalue weighted by molar-refractivity contribution is -0.169. The summed E-state index contributed by atoms with van der Waals surface area (Å²) in [7, 11) is 0. The van der Waals surface area contributed by atoms with Crippen LogP contribution in [0.4, 0.5) is 11.5 Å². The van der Waals surface area contributed by atoms with Gasteiger partial charge in [-0.2, -0.15) is 0 Å². The lowest BCUT2D eigenvalue weighted by Crippen LogP contribution is -2.45. The van der Waals surface area contributed by atoms with Gasteiger partial charge in [0.05, 0.1) is 18.8 Å². The maximum Gasteiger partial charge on any atom is 0.257 e. The van der Waals surface area contributed by atoms with Crippen LogP contribution in [0.2, 0.25) is 0 Å². The van der Waals surface area contributed by atoms with Gasteiger partial charge in [-0.25, -0.2) is 4.98 Å². The van der Waals surface area contributed by atoms with E-state index < -0.39 is 5.79 Å². The zero-order valence-corrected chi connectivity index (χ0v) is 17.4. The summed E-state index contributed by atoms with van der Waals surface area (Å²) in [6, 6.07) is 11.7. The number of pyridine rings is 1. The van der Waals surface area contributed by atoms with Gasteiger partial charge in [0.2, 0.25) is 0 Å². The number of nitrogens with one attached hydrogen (secondary N) is 1. The number of nitrogens with zero attached hydrogens (tertiary/aromatic N) is 2. The van der Waals surface area contributed by atoms with Crippen molar-refractivity contribution in [1.29, 1.82) is 0 Å². The van der Waals surface area contributed by atoms with Crippen LogP contribution in [0.25, 0.3) is 0 Å². The van der Waals surface area contributed by atoms with Crippen LogP contribution in [-0.2, 0) is 14.9 Å². The molecule has 6 heteroatoms. The number of hydrogen-bond acceptors (Lipinski definition) is 5. The molecule has 1 aromatic carbocycles. The van der Waals surface area contributed by atoms with E-state index in [1.165, 1.54) is 5.56 Å². The van der Waals surface area contributed by atoms with E-state index in [0.29, 0.717) is 18.8 Å². The molecule has 0 radical (unpaired) electrons. The number of piperidine rings is 1. The van der Waals surface area contributed by atoms with Gasteiger partial charge in [-0.3, -0.25) is 4.79 Å². The fraction of sp³-hybridized carbons (Fsp3) is 0.478. The number of anilines is 2. The number of carbonyl (C=O) groups excluding carboxylic acids is 1. The monoisotopic (exact) mass is 395 g/mol. The van der Waals surface area contributed by atoms with Crippen LogP contribution in [0.15, 0.2) is 42.6 Å². The minimum atomic E-state index is -0.390. The summed E-state index contributed by atoms with van der Waals surface area (Å²) in [5, 5.41) is 2.94. The first-order valence-electron chi connectivity index (χ1n) is 10.3. The second-order valence-corrected chi connectivity index (χ2v) is 8.78. The molecule has 2 fully saturated rings. The summed E-state index contributed by atoms with van der Waals surface area (Å²) in [4.78, 5) is 19.3. The molecule has 1 N–H and O–H groups in total. The van der Waals surface area contributed by atoms with Crippen LogP contribution in [0.5, 0.6) is 0 Å². The molecule has 29 heavy (non-hydrogen) atoms. The highest BCUT2D eigenvalue weighted by atomic mass is 16.7. The number of amides is 1. The molecule has 4 rings (SSSR count). The first-order chi connectivity index (χ1) is 13.8. The van der Waals surface area contributed by atoms with Crippen LogP contribution in [0, 0.1) is 0 Å². The van der Waals surface area contributed by atoms with Crippen molar-refractivity contribution in [1.82, 2.24) is 4.98 Å². The Morgan fingerprint density at radius 3 is 2.24 bits per heavy atom. The number of carbonyl (C=O) groups is 1. The Balaban J connectivity index is 1.36. The van der Waals surface area contributed by atoms with Crippen LogP contribution < -0.4 is 10.2 Å². The highest BCUT2D eigenvalue weighted by molar-refractivity contribution is 6.04. The zero-order chi connectivity index (χ0) is 20.5. The molecule has 2 aromatic rings. The van der Waals surface area contributed by atoms with Crippen LogP contribution in [-0.4, -0.2) is 43.0 Å². The first kappa shape index (κ1) is 19.9. The molecule has 0 aliphatic carbocycles. The van der Waals surface area contributed by atoms with E-state index in [-0.39, 0.29) is 11.3 Å². The van der Waals surface area contributed by atoms with Gasteiger partial charge in [0.1, 0.15) is 5.82 Å². The van der Waals surface area contributed by atoms with Crippen LogP contribution in [0.3, 0.4) is 0 Å². The molecule has 6 nitrogen and oxygen atoms in total. The van der Waals surface area contributed by atoms with E-state index in [1.54, 1.807) is 6.20 Å². The summed E-state index contributed by atoms with van der Waals surface area (Å²) in [6.45, 7) is 9.54. The van der Waals surface area contributed by atoms with Gasteiger partial charge in [0.15, 0.2) is 5.79 Å². The van der Waals surface area contributed by atoms with Crippen molar-refractivity contribution in [3.63, 3.8) is 0 Å². The standard InChI is InChI=1S/C23H29N3O3/c1-22(2,3)18-5-7-19(8-6-18)25-21(27)17-4-9-20(24-16-17)26-12-10-23(11-13-26)28-14-15-29-23/h4-9,16H,10-15H2,1-3H3,(H,25,27). The lowest BCUT2D eigenvalue weighted by atomic mass is 9.87. The summed E-state index contributed by atoms with van der Waals surface area (Å²) in [5.74, 6) is 0.334. The molecule has 3 heterocycles. The van der Waals surface area contributed by atoms with Crippen molar-refractivity contribution >= 4 is 17.4 Å². The smallest absolute Gasteiger partial charge is 0.257 e. The molecular weight excluding hydrogens is 366 g/mol. The lowest BCUT2D eigenvalue weighted by Gasteiger charge is -2.38. The van der Waals surface area contributed by atoms with E-state index in [2.05, 4.69) is 48.1 Å². The third-order valence-corrected chi connectivity index (χ3v) is 5.68. The molecule has 0 saturated carbocycles. The summed E-state index contributed by atoms with van der Waals surface area (Å²) in [5.41, 5.74) is 2.65. The minimum absolute atomic E-state index is 0.0897. The van der Waals surface area contributed by atoms with Gasteiger partial charge in [-0.05, 0) is 35.2 Å². The van der Waals surface area contributed by atoms with Crippen molar-refractivity contribution < 1.29 is 14.3 Å². The molecule has 1 spiro atoms. The van der Waals surface area contributed by atoms with Crippen molar-refractivity contribution in [2.75, 3.05) is 36.5 Å². The number of ether oxygens (including phenoxy) is 2. The Bertz CT molecular complexity index is 840. The molecule has 2 saturated heterocycles. The minimum Gasteiger partial charge on any atom is -0.356 e. The molecule has 154 valence electrons. The van der Waals surface area contributed by atoms with Crippen molar-refractivity contribution in [3.05, 3.63) is 53.7 Å². The Morgan fingerprint density at radius 2 is 1.69 bits per heavy atom. The van der Waals surface area contributed by atoms with Crippen molar-refractivity contribution in [2.24, 2.45) is 0 Å². The van der Waals surface area contributed by atoms with Gasteiger partial charge in [0, 0.05) is 37.8 Å². The SMILES string of the molecule is CC(C)(C)c1ccc(NC(=O)c2ccc(N3CCC4(CC3)OCCO4)nc2)cc1. The van der Waals surface area contributed by atoms with Gasteiger partial charge < -0.3 is 19.7 Å². The number of hydrogen-bond donors (Lipinski definition) is 1. The fourth-order valence-corrected chi connectivity index (χ4v) is 3.83. The Morgan fingerprint density at radius 1 is 1.03 bits per heavy atom. The van der Waals surface area contributed by atoms with E-state index in [9.17, 15) is 4.79 Å². The average molecular weight is 396 g/mol. The zero-order valence-electron chi connectivity index (χ0n) is 17.4. The predicted octanol–water partition coefficient (Wildman–Crippen LogP) is 3.97. The molecule has 1 amide bonds. The Kier molecular flexibility index (Phi) is 5.32. The molecule has 1 aromatic heterocycles. The quantitative estimate of drug-likeness (QED) is 0.852. The largest absolute Gasteiger partial charge is 0.356 e. The number of rotatable bonds is 3. The van der Waals surface area contributed by atoms with Gasteiger partial charge >= 0.3 is 0 Å². The summed E-state index contributed by atoms with van der Waals surface area (Å²) in [6.07, 6.45) is 3.31. The maximum atomic E-state index is 12.6. The predicted molar refractivity (Wildman–Crippen MR) is 113 cm³/mol. The van der Waals surface area contributed by atoms with Gasteiger partial charge in [-0.1, -0.05) is 32.9 Å². The highest BCUT2D eigenvalue weighted by Gasteiger charge is 2.40.